The van der Waals surface area contributed by atoms with Gasteiger partial charge in [0.1, 0.15) is 0 Å². The van der Waals surface area contributed by atoms with Gasteiger partial charge < -0.3 is 0 Å². The van der Waals surface area contributed by atoms with Crippen LogP contribution in [0.3, 0.4) is 0 Å². The summed E-state index contributed by atoms with van der Waals surface area (Å²) in [6, 6.07) is 37.1. The molecule has 0 radical (unpaired) electrons. The lowest BCUT2D eigenvalue weighted by Crippen LogP contribution is -2.37. The molecule has 0 nitrogen and oxygen atoms in total. The van der Waals surface area contributed by atoms with Crippen LogP contribution in [-0.2, 0) is 21.7 Å². The Morgan fingerprint density at radius 2 is 0.898 bits per heavy atom. The molecule has 258 valence electrons. The van der Waals surface area contributed by atoms with Crippen LogP contribution in [0.1, 0.15) is 112 Å². The van der Waals surface area contributed by atoms with Crippen LogP contribution in [0.25, 0.3) is 0 Å². The molecule has 4 aromatic carbocycles. The number of hydrogen-bond donors (Lipinski definition) is 0. The molecular weight excluding hydrogens is 626 g/mol. The van der Waals surface area contributed by atoms with E-state index in [2.05, 4.69) is 205 Å². The van der Waals surface area contributed by atoms with Gasteiger partial charge in [-0.25, -0.2) is 0 Å². The summed E-state index contributed by atoms with van der Waals surface area (Å²) in [7, 11) is -1.48. The zero-order valence-corrected chi connectivity index (χ0v) is 34.3. The van der Waals surface area contributed by atoms with Gasteiger partial charge in [0.05, 0.1) is 0 Å². The minimum atomic E-state index is -0.791. The maximum Gasteiger partial charge on any atom is 0.0103 e. The fraction of sp³-hybridized carbons (Fsp3) is 0.404. The predicted octanol–water partition coefficient (Wildman–Crippen LogP) is 11.9. The zero-order chi connectivity index (χ0) is 35.9. The monoisotopic (exact) mass is 686 g/mol. The first-order valence-electron chi connectivity index (χ1n) is 18.2. The average molecular weight is 687 g/mol. The van der Waals surface area contributed by atoms with Crippen LogP contribution in [0.5, 0.6) is 0 Å². The Labute approximate surface area is 302 Å². The standard InChI is InChI=1S/C47H60P2/c1-33(36-27-20-30-39(36)49(34-23-16-14-17-24-34)35-25-18-15-19-26-35)48(40-31-21-28-37(44(2,3)4)42(40)46(8,9)10)41-32-22-29-38(45(5,6)7)43(41)47(11,12)13/h14-33,36H,1-13H3. The Morgan fingerprint density at radius 1 is 0.490 bits per heavy atom. The molecule has 2 unspecified atom stereocenters. The van der Waals surface area contributed by atoms with Crippen LogP contribution in [-0.4, -0.2) is 5.66 Å². The number of hydrogen-bond acceptors (Lipinski definition) is 0. The smallest absolute Gasteiger partial charge is 0.0103 e. The molecule has 1 aliphatic carbocycles. The van der Waals surface area contributed by atoms with Gasteiger partial charge in [-0.3, -0.25) is 0 Å². The molecule has 0 bridgehead atoms. The van der Waals surface area contributed by atoms with E-state index in [0.717, 1.165) is 0 Å². The summed E-state index contributed by atoms with van der Waals surface area (Å²) in [5.41, 5.74) is 6.49. The van der Waals surface area contributed by atoms with Crippen molar-refractivity contribution < 1.29 is 0 Å². The molecule has 5 rings (SSSR count). The van der Waals surface area contributed by atoms with Crippen molar-refractivity contribution in [3.63, 3.8) is 0 Å². The second-order valence-electron chi connectivity index (χ2n) is 18.0. The minimum Gasteiger partial charge on any atom is -0.0763 e. The molecule has 0 saturated heterocycles. The molecule has 1 aliphatic rings. The van der Waals surface area contributed by atoms with E-state index < -0.39 is 15.8 Å². The van der Waals surface area contributed by atoms with Gasteiger partial charge in [-0.1, -0.05) is 205 Å². The predicted molar refractivity (Wildman–Crippen MR) is 223 cm³/mol. The van der Waals surface area contributed by atoms with Crippen molar-refractivity contribution in [2.75, 3.05) is 0 Å². The van der Waals surface area contributed by atoms with Crippen LogP contribution in [0, 0.1) is 5.92 Å². The molecule has 2 heteroatoms. The van der Waals surface area contributed by atoms with Crippen molar-refractivity contribution in [1.29, 1.82) is 0 Å². The van der Waals surface area contributed by atoms with Crippen molar-refractivity contribution in [2.45, 2.75) is 117 Å². The Kier molecular flexibility index (Phi) is 10.8. The first-order valence-corrected chi connectivity index (χ1v) is 20.9. The van der Waals surface area contributed by atoms with Crippen LogP contribution >= 0.6 is 15.8 Å². The van der Waals surface area contributed by atoms with Crippen LogP contribution < -0.4 is 21.2 Å². The first-order chi connectivity index (χ1) is 22.8. The van der Waals surface area contributed by atoms with Gasteiger partial charge in [-0.2, -0.15) is 0 Å². The van der Waals surface area contributed by atoms with Crippen LogP contribution in [0.15, 0.2) is 121 Å². The lowest BCUT2D eigenvalue weighted by Gasteiger charge is -2.41. The molecule has 0 heterocycles. The molecule has 0 spiro atoms. The third-order valence-corrected chi connectivity index (χ3v) is 15.4. The highest BCUT2D eigenvalue weighted by molar-refractivity contribution is 7.77. The minimum absolute atomic E-state index is 0.00603. The number of benzene rings is 4. The molecule has 0 aromatic heterocycles. The fourth-order valence-corrected chi connectivity index (χ4v) is 14.2. The summed E-state index contributed by atoms with van der Waals surface area (Å²) in [6.45, 7) is 31.5. The third-order valence-electron chi connectivity index (χ3n) is 9.86. The van der Waals surface area contributed by atoms with E-state index in [1.165, 1.54) is 21.7 Å². The summed E-state index contributed by atoms with van der Waals surface area (Å²) in [5, 5.41) is 7.54. The normalized spacial score (nSPS) is 16.4. The van der Waals surface area contributed by atoms with Gasteiger partial charge in [-0.05, 0) is 91.9 Å². The van der Waals surface area contributed by atoms with E-state index in [1.54, 1.807) is 27.1 Å². The molecular formula is C47H60P2. The lowest BCUT2D eigenvalue weighted by molar-refractivity contribution is 0.532. The maximum atomic E-state index is 2.58. The molecule has 0 fully saturated rings. The molecule has 0 N–H and O–H groups in total. The Balaban J connectivity index is 1.82. The van der Waals surface area contributed by atoms with Gasteiger partial charge >= 0.3 is 0 Å². The molecule has 0 saturated carbocycles. The first kappa shape index (κ1) is 37.5. The van der Waals surface area contributed by atoms with E-state index >= 15 is 0 Å². The van der Waals surface area contributed by atoms with Crippen molar-refractivity contribution in [2.24, 2.45) is 5.92 Å². The molecule has 2 atom stereocenters. The Bertz CT molecular complexity index is 1680. The zero-order valence-electron chi connectivity index (χ0n) is 32.5. The van der Waals surface area contributed by atoms with E-state index in [0.29, 0.717) is 11.6 Å². The summed E-state index contributed by atoms with van der Waals surface area (Å²) in [6.07, 6.45) is 7.36. The van der Waals surface area contributed by atoms with E-state index in [-0.39, 0.29) is 21.7 Å². The van der Waals surface area contributed by atoms with Gasteiger partial charge in [0.25, 0.3) is 0 Å². The lowest BCUT2D eigenvalue weighted by atomic mass is 9.75. The van der Waals surface area contributed by atoms with E-state index in [9.17, 15) is 0 Å². The van der Waals surface area contributed by atoms with Gasteiger partial charge in [0.15, 0.2) is 0 Å². The van der Waals surface area contributed by atoms with E-state index in [4.69, 9.17) is 0 Å². The fourth-order valence-electron chi connectivity index (χ4n) is 7.75. The second kappa shape index (κ2) is 14.1. The molecule has 0 aliphatic heterocycles. The second-order valence-corrected chi connectivity index (χ2v) is 22.8. The Morgan fingerprint density at radius 3 is 1.27 bits per heavy atom. The van der Waals surface area contributed by atoms with Crippen molar-refractivity contribution in [1.82, 2.24) is 0 Å². The average Bonchev–Trinajstić information content (AvgIpc) is 3.50. The highest BCUT2D eigenvalue weighted by Gasteiger charge is 2.40. The number of rotatable bonds is 7. The summed E-state index contributed by atoms with van der Waals surface area (Å²) < 4.78 is 0. The van der Waals surface area contributed by atoms with Gasteiger partial charge in [-0.15, -0.1) is 0 Å². The van der Waals surface area contributed by atoms with Crippen molar-refractivity contribution in [3.8, 4) is 0 Å². The maximum absolute atomic E-state index is 2.58. The third kappa shape index (κ3) is 7.93. The van der Waals surface area contributed by atoms with Crippen LogP contribution in [0.4, 0.5) is 0 Å². The molecule has 49 heavy (non-hydrogen) atoms. The molecule has 4 aromatic rings. The summed E-state index contributed by atoms with van der Waals surface area (Å²) >= 11 is 0. The highest BCUT2D eigenvalue weighted by atomic mass is 31.1. The molecule has 0 amide bonds. The largest absolute Gasteiger partial charge is 0.0763 e. The van der Waals surface area contributed by atoms with Crippen LogP contribution in [0.2, 0.25) is 0 Å². The Hall–Kier alpha value is -2.78. The van der Waals surface area contributed by atoms with Crippen molar-refractivity contribution in [3.05, 3.63) is 143 Å². The van der Waals surface area contributed by atoms with Gasteiger partial charge in [0, 0.05) is 5.92 Å². The summed E-state index contributed by atoms with van der Waals surface area (Å²) in [5.74, 6) is 0.329. The topological polar surface area (TPSA) is 0 Å². The SMILES string of the molecule is CC(C1C=CC=C1P(c1ccccc1)c1ccccc1)P(c1cccc(C(C)(C)C)c1C(C)(C)C)c1cccc(C(C)(C)C)c1C(C)(C)C. The van der Waals surface area contributed by atoms with Crippen molar-refractivity contribution >= 4 is 37.1 Å². The highest BCUT2D eigenvalue weighted by Crippen LogP contribution is 2.57. The van der Waals surface area contributed by atoms with E-state index in [1.807, 2.05) is 0 Å². The van der Waals surface area contributed by atoms with Gasteiger partial charge in [0.2, 0.25) is 0 Å². The summed E-state index contributed by atoms with van der Waals surface area (Å²) in [4.78, 5) is 0. The number of allylic oxidation sites excluding steroid dienone is 4. The quantitative estimate of drug-likeness (QED) is 0.170.